The molecular formula is C13H22FN2O-. The van der Waals surface area contributed by atoms with Crippen LogP contribution in [0.4, 0.5) is 4.39 Å². The molecule has 0 radical (unpaired) electrons. The van der Waals surface area contributed by atoms with E-state index < -0.39 is 6.10 Å². The Kier molecular flexibility index (Phi) is 5.15. The van der Waals surface area contributed by atoms with E-state index in [2.05, 4.69) is 0 Å². The standard InChI is InChI=1S/C13H22FN2O/c1-4-16(6-5-15)13-8-11(10(3)17)9(2)7-12(13)14/h8-10H,4-7,15H2,1-3H3/q-1. The summed E-state index contributed by atoms with van der Waals surface area (Å²) in [5.74, 6) is -0.125. The van der Waals surface area contributed by atoms with Crippen LogP contribution in [0.5, 0.6) is 0 Å². The van der Waals surface area contributed by atoms with Gasteiger partial charge in [0.15, 0.2) is 0 Å². The van der Waals surface area contributed by atoms with Gasteiger partial charge < -0.3 is 15.7 Å². The Balaban J connectivity index is 3.00. The summed E-state index contributed by atoms with van der Waals surface area (Å²) in [7, 11) is 0. The summed E-state index contributed by atoms with van der Waals surface area (Å²) in [6, 6.07) is 0. The number of likely N-dealkylation sites (N-methyl/N-ethyl adjacent to an activating group) is 1. The molecule has 2 unspecified atom stereocenters. The molecule has 17 heavy (non-hydrogen) atoms. The lowest BCUT2D eigenvalue weighted by Gasteiger charge is -2.34. The van der Waals surface area contributed by atoms with Gasteiger partial charge in [-0.15, -0.1) is 6.10 Å². The van der Waals surface area contributed by atoms with Gasteiger partial charge in [-0.25, -0.2) is 4.39 Å². The molecule has 0 aromatic carbocycles. The SMILES string of the molecule is CCN(CCN)C1=C(F)CC(C)C(C(C)[O-])=C1. The average molecular weight is 241 g/mol. The second-order valence-electron chi connectivity index (χ2n) is 4.55. The Morgan fingerprint density at radius 1 is 1.65 bits per heavy atom. The molecule has 0 bridgehead atoms. The van der Waals surface area contributed by atoms with Crippen LogP contribution in [0.15, 0.2) is 23.2 Å². The molecule has 2 N–H and O–H groups in total. The van der Waals surface area contributed by atoms with Gasteiger partial charge in [0.25, 0.3) is 0 Å². The number of hydrogen-bond acceptors (Lipinski definition) is 3. The van der Waals surface area contributed by atoms with E-state index in [1.165, 1.54) is 0 Å². The fraction of sp³-hybridized carbons (Fsp3) is 0.692. The molecule has 0 aliphatic heterocycles. The van der Waals surface area contributed by atoms with Crippen LogP contribution in [0.3, 0.4) is 0 Å². The van der Waals surface area contributed by atoms with Crippen molar-refractivity contribution in [3.63, 3.8) is 0 Å². The summed E-state index contributed by atoms with van der Waals surface area (Å²) in [5.41, 5.74) is 6.85. The Hall–Kier alpha value is -0.870. The second-order valence-corrected chi connectivity index (χ2v) is 4.55. The minimum Gasteiger partial charge on any atom is -0.849 e. The molecule has 2 atom stereocenters. The van der Waals surface area contributed by atoms with Crippen molar-refractivity contribution in [3.8, 4) is 0 Å². The second kappa shape index (κ2) is 6.17. The van der Waals surface area contributed by atoms with E-state index >= 15 is 0 Å². The van der Waals surface area contributed by atoms with Crippen molar-refractivity contribution < 1.29 is 9.50 Å². The quantitative estimate of drug-likeness (QED) is 0.786. The molecule has 0 amide bonds. The molecule has 98 valence electrons. The highest BCUT2D eigenvalue weighted by atomic mass is 19.1. The summed E-state index contributed by atoms with van der Waals surface area (Å²) >= 11 is 0. The largest absolute Gasteiger partial charge is 0.849 e. The first-order chi connectivity index (χ1) is 8.01. The molecule has 0 saturated heterocycles. The van der Waals surface area contributed by atoms with Crippen molar-refractivity contribution in [3.05, 3.63) is 23.2 Å². The molecule has 1 aliphatic carbocycles. The molecule has 4 heteroatoms. The van der Waals surface area contributed by atoms with Crippen LogP contribution >= 0.6 is 0 Å². The third-order valence-corrected chi connectivity index (χ3v) is 3.23. The van der Waals surface area contributed by atoms with Gasteiger partial charge in [-0.2, -0.15) is 0 Å². The van der Waals surface area contributed by atoms with Crippen LogP contribution in [-0.4, -0.2) is 30.6 Å². The van der Waals surface area contributed by atoms with Gasteiger partial charge in [0.05, 0.1) is 5.70 Å². The number of rotatable bonds is 5. The summed E-state index contributed by atoms with van der Waals surface area (Å²) in [6.45, 7) is 7.27. The number of nitrogens with two attached hydrogens (primary N) is 1. The monoisotopic (exact) mass is 241 g/mol. The van der Waals surface area contributed by atoms with Crippen molar-refractivity contribution in [1.29, 1.82) is 0 Å². The van der Waals surface area contributed by atoms with E-state index in [1.807, 2.05) is 18.7 Å². The molecule has 1 rings (SSSR count). The van der Waals surface area contributed by atoms with Crippen molar-refractivity contribution in [2.24, 2.45) is 11.7 Å². The number of hydrogen-bond donors (Lipinski definition) is 1. The van der Waals surface area contributed by atoms with E-state index in [0.29, 0.717) is 31.8 Å². The molecule has 0 aromatic heterocycles. The van der Waals surface area contributed by atoms with Gasteiger partial charge in [-0.05, 0) is 18.9 Å². The number of nitrogens with zero attached hydrogens (tertiary/aromatic N) is 1. The van der Waals surface area contributed by atoms with Crippen LogP contribution in [0.1, 0.15) is 27.2 Å². The minimum absolute atomic E-state index is 0.00262. The molecule has 0 saturated carbocycles. The summed E-state index contributed by atoms with van der Waals surface area (Å²) in [5, 5.41) is 11.6. The maximum Gasteiger partial charge on any atom is 0.124 e. The van der Waals surface area contributed by atoms with Crippen LogP contribution in [0.25, 0.3) is 0 Å². The van der Waals surface area contributed by atoms with Crippen LogP contribution in [-0.2, 0) is 0 Å². The summed E-state index contributed by atoms with van der Waals surface area (Å²) in [6.07, 6.45) is 1.28. The zero-order chi connectivity index (χ0) is 13.0. The predicted molar refractivity (Wildman–Crippen MR) is 65.8 cm³/mol. The van der Waals surface area contributed by atoms with Crippen molar-refractivity contribution in [2.45, 2.75) is 33.3 Å². The van der Waals surface area contributed by atoms with Gasteiger partial charge in [-0.1, -0.05) is 19.4 Å². The predicted octanol–water partition coefficient (Wildman–Crippen LogP) is 1.16. The molecule has 0 heterocycles. The van der Waals surface area contributed by atoms with E-state index in [0.717, 1.165) is 5.57 Å². The van der Waals surface area contributed by atoms with Crippen molar-refractivity contribution in [1.82, 2.24) is 4.90 Å². The third-order valence-electron chi connectivity index (χ3n) is 3.23. The fourth-order valence-electron chi connectivity index (χ4n) is 2.26. The van der Waals surface area contributed by atoms with Crippen LogP contribution < -0.4 is 10.8 Å². The first kappa shape index (κ1) is 14.2. The Morgan fingerprint density at radius 2 is 2.29 bits per heavy atom. The lowest BCUT2D eigenvalue weighted by atomic mass is 9.88. The normalized spacial score (nSPS) is 22.5. The number of allylic oxidation sites excluding steroid dienone is 2. The summed E-state index contributed by atoms with van der Waals surface area (Å²) < 4.78 is 13.9. The van der Waals surface area contributed by atoms with Crippen LogP contribution in [0, 0.1) is 5.92 Å². The smallest absolute Gasteiger partial charge is 0.124 e. The van der Waals surface area contributed by atoms with Crippen molar-refractivity contribution in [2.75, 3.05) is 19.6 Å². The lowest BCUT2D eigenvalue weighted by molar-refractivity contribution is -0.402. The third kappa shape index (κ3) is 3.30. The van der Waals surface area contributed by atoms with Gasteiger partial charge >= 0.3 is 0 Å². The highest BCUT2D eigenvalue weighted by Crippen LogP contribution is 2.32. The molecule has 0 aromatic rings. The summed E-state index contributed by atoms with van der Waals surface area (Å²) in [4.78, 5) is 1.89. The average Bonchev–Trinajstić information content (AvgIpc) is 2.26. The highest BCUT2D eigenvalue weighted by molar-refractivity contribution is 5.33. The van der Waals surface area contributed by atoms with Crippen molar-refractivity contribution >= 4 is 0 Å². The van der Waals surface area contributed by atoms with Gasteiger partial charge in [0.1, 0.15) is 5.83 Å². The molecule has 3 nitrogen and oxygen atoms in total. The van der Waals surface area contributed by atoms with Gasteiger partial charge in [-0.3, -0.25) is 0 Å². The zero-order valence-electron chi connectivity index (χ0n) is 10.9. The van der Waals surface area contributed by atoms with E-state index in [9.17, 15) is 9.50 Å². The van der Waals surface area contributed by atoms with Gasteiger partial charge in [0, 0.05) is 26.1 Å². The van der Waals surface area contributed by atoms with E-state index in [-0.39, 0.29) is 11.7 Å². The maximum absolute atomic E-state index is 13.9. The number of halogens is 1. The Labute approximate surface area is 103 Å². The Morgan fingerprint density at radius 3 is 2.76 bits per heavy atom. The fourth-order valence-corrected chi connectivity index (χ4v) is 2.26. The molecule has 1 aliphatic rings. The molecule has 0 fully saturated rings. The maximum atomic E-state index is 13.9. The molecular weight excluding hydrogens is 219 g/mol. The van der Waals surface area contributed by atoms with Gasteiger partial charge in [0.2, 0.25) is 0 Å². The van der Waals surface area contributed by atoms with E-state index in [1.54, 1.807) is 13.0 Å². The highest BCUT2D eigenvalue weighted by Gasteiger charge is 2.22. The first-order valence-electron chi connectivity index (χ1n) is 6.22. The first-order valence-corrected chi connectivity index (χ1v) is 6.22. The van der Waals surface area contributed by atoms with Crippen LogP contribution in [0.2, 0.25) is 0 Å². The van der Waals surface area contributed by atoms with E-state index in [4.69, 9.17) is 5.73 Å². The molecule has 0 spiro atoms. The topological polar surface area (TPSA) is 52.3 Å². The Bertz CT molecular complexity index is 323. The lowest BCUT2D eigenvalue weighted by Crippen LogP contribution is -2.33. The zero-order valence-corrected chi connectivity index (χ0v) is 10.9. The minimum atomic E-state index is -0.773.